The molecular formula is C18H22N4O. The maximum Gasteiger partial charge on any atom is 0.205 e. The summed E-state index contributed by atoms with van der Waals surface area (Å²) in [6.45, 7) is 7.19. The first-order chi connectivity index (χ1) is 11.2. The lowest BCUT2D eigenvalue weighted by Gasteiger charge is -2.30. The fourth-order valence-corrected chi connectivity index (χ4v) is 2.41. The summed E-state index contributed by atoms with van der Waals surface area (Å²) in [5.74, 6) is 1.56. The summed E-state index contributed by atoms with van der Waals surface area (Å²) in [6, 6.07) is 12.3. The molecule has 1 fully saturated rings. The van der Waals surface area contributed by atoms with Crippen molar-refractivity contribution >= 4 is 17.5 Å². The van der Waals surface area contributed by atoms with E-state index in [4.69, 9.17) is 9.73 Å². The number of anilines is 1. The minimum Gasteiger partial charge on any atom is -0.378 e. The number of hydrogen-bond donors (Lipinski definition) is 1. The third-order valence-electron chi connectivity index (χ3n) is 3.81. The van der Waals surface area contributed by atoms with Gasteiger partial charge in [0.15, 0.2) is 5.82 Å². The molecule has 0 unspecified atom stereocenters. The molecule has 120 valence electrons. The molecule has 0 spiro atoms. The zero-order valence-corrected chi connectivity index (χ0v) is 13.6. The highest BCUT2D eigenvalue weighted by atomic mass is 16.5. The molecule has 2 heterocycles. The summed E-state index contributed by atoms with van der Waals surface area (Å²) in [7, 11) is 0. The zero-order valence-electron chi connectivity index (χ0n) is 13.6. The first kappa shape index (κ1) is 15.5. The van der Waals surface area contributed by atoms with Crippen LogP contribution in [0, 0.1) is 13.8 Å². The molecule has 0 amide bonds. The average molecular weight is 310 g/mol. The lowest BCUT2D eigenvalue weighted by atomic mass is 10.2. The summed E-state index contributed by atoms with van der Waals surface area (Å²) >= 11 is 0. The number of ether oxygens (including phenoxy) is 1. The molecule has 5 nitrogen and oxygen atoms in total. The molecule has 1 aromatic heterocycles. The van der Waals surface area contributed by atoms with Gasteiger partial charge in [0.1, 0.15) is 0 Å². The Morgan fingerprint density at radius 1 is 1.13 bits per heavy atom. The summed E-state index contributed by atoms with van der Waals surface area (Å²) < 4.78 is 5.45. The number of nitrogens with one attached hydrogen (secondary N) is 1. The van der Waals surface area contributed by atoms with Gasteiger partial charge in [-0.25, -0.2) is 4.98 Å². The van der Waals surface area contributed by atoms with Crippen LogP contribution in [0.25, 0.3) is 0 Å². The second-order valence-corrected chi connectivity index (χ2v) is 5.67. The third kappa shape index (κ3) is 4.07. The van der Waals surface area contributed by atoms with Crippen molar-refractivity contribution in [2.24, 2.45) is 4.99 Å². The number of morpholine rings is 1. The molecule has 1 aromatic carbocycles. The van der Waals surface area contributed by atoms with E-state index in [1.165, 1.54) is 5.56 Å². The molecular weight excluding hydrogens is 288 g/mol. The largest absolute Gasteiger partial charge is 0.378 e. The Labute approximate surface area is 137 Å². The molecule has 1 saturated heterocycles. The number of aliphatic imine (C=N–C) groups is 1. The van der Waals surface area contributed by atoms with E-state index in [-0.39, 0.29) is 0 Å². The average Bonchev–Trinajstić information content (AvgIpc) is 2.59. The number of guanidine groups is 1. The Morgan fingerprint density at radius 3 is 2.57 bits per heavy atom. The van der Waals surface area contributed by atoms with Crippen molar-refractivity contribution in [3.8, 4) is 0 Å². The van der Waals surface area contributed by atoms with Crippen molar-refractivity contribution in [2.75, 3.05) is 31.6 Å². The standard InChI is InChI=1S/C18H22N4O/c1-14-5-7-16(8-6-14)20-18(22-10-12-23-13-11-22)21-17-15(2)4-3-9-19-17/h3-9H,10-13H2,1-2H3,(H,19,20,21). The first-order valence-corrected chi connectivity index (χ1v) is 7.89. The fraction of sp³-hybridized carbons (Fsp3) is 0.333. The van der Waals surface area contributed by atoms with E-state index in [0.717, 1.165) is 49.3 Å². The number of rotatable bonds is 2. The lowest BCUT2D eigenvalue weighted by molar-refractivity contribution is 0.0680. The van der Waals surface area contributed by atoms with Crippen LogP contribution in [0.4, 0.5) is 11.5 Å². The number of aromatic nitrogens is 1. The first-order valence-electron chi connectivity index (χ1n) is 7.89. The monoisotopic (exact) mass is 310 g/mol. The van der Waals surface area contributed by atoms with Gasteiger partial charge in [-0.1, -0.05) is 23.8 Å². The van der Waals surface area contributed by atoms with Crippen LogP contribution in [0.3, 0.4) is 0 Å². The van der Waals surface area contributed by atoms with Crippen molar-refractivity contribution in [2.45, 2.75) is 13.8 Å². The van der Waals surface area contributed by atoms with Crippen LogP contribution in [-0.2, 0) is 4.74 Å². The molecule has 1 aliphatic heterocycles. The molecule has 0 aliphatic carbocycles. The van der Waals surface area contributed by atoms with E-state index in [9.17, 15) is 0 Å². The Bertz CT molecular complexity index is 676. The maximum atomic E-state index is 5.45. The number of nitrogens with zero attached hydrogens (tertiary/aromatic N) is 3. The molecule has 1 aliphatic rings. The van der Waals surface area contributed by atoms with Gasteiger partial charge in [-0.05, 0) is 37.6 Å². The Morgan fingerprint density at radius 2 is 1.87 bits per heavy atom. The Balaban J connectivity index is 1.89. The summed E-state index contributed by atoms with van der Waals surface area (Å²) in [6.07, 6.45) is 1.77. The second-order valence-electron chi connectivity index (χ2n) is 5.67. The van der Waals surface area contributed by atoms with Crippen LogP contribution in [0.5, 0.6) is 0 Å². The quantitative estimate of drug-likeness (QED) is 0.684. The molecule has 23 heavy (non-hydrogen) atoms. The van der Waals surface area contributed by atoms with Crippen LogP contribution in [0.1, 0.15) is 11.1 Å². The van der Waals surface area contributed by atoms with Gasteiger partial charge in [0, 0.05) is 25.0 Å². The van der Waals surface area contributed by atoms with Crippen molar-refractivity contribution in [3.63, 3.8) is 0 Å². The molecule has 0 atom stereocenters. The highest BCUT2D eigenvalue weighted by molar-refractivity contribution is 5.95. The van der Waals surface area contributed by atoms with Crippen LogP contribution >= 0.6 is 0 Å². The second kappa shape index (κ2) is 7.24. The van der Waals surface area contributed by atoms with E-state index in [0.29, 0.717) is 0 Å². The highest BCUT2D eigenvalue weighted by Crippen LogP contribution is 2.17. The van der Waals surface area contributed by atoms with E-state index < -0.39 is 0 Å². The van der Waals surface area contributed by atoms with Gasteiger partial charge in [-0.15, -0.1) is 0 Å². The molecule has 2 aromatic rings. The summed E-state index contributed by atoms with van der Waals surface area (Å²) in [5, 5.41) is 3.43. The topological polar surface area (TPSA) is 49.8 Å². The Kier molecular flexibility index (Phi) is 4.88. The smallest absolute Gasteiger partial charge is 0.205 e. The van der Waals surface area contributed by atoms with E-state index in [1.54, 1.807) is 6.20 Å². The van der Waals surface area contributed by atoms with Gasteiger partial charge in [0.2, 0.25) is 5.96 Å². The minimum atomic E-state index is 0.718. The van der Waals surface area contributed by atoms with E-state index in [1.807, 2.05) is 19.1 Å². The predicted molar refractivity (Wildman–Crippen MR) is 93.3 cm³/mol. The van der Waals surface area contributed by atoms with Crippen LogP contribution < -0.4 is 5.32 Å². The SMILES string of the molecule is Cc1ccc(NC(=Nc2ncccc2C)N2CCOCC2)cc1. The fourth-order valence-electron chi connectivity index (χ4n) is 2.41. The molecule has 0 radical (unpaired) electrons. The van der Waals surface area contributed by atoms with Gasteiger partial charge in [-0.2, -0.15) is 4.99 Å². The van der Waals surface area contributed by atoms with E-state index in [2.05, 4.69) is 46.4 Å². The van der Waals surface area contributed by atoms with Gasteiger partial charge in [-0.3, -0.25) is 0 Å². The molecule has 1 N–H and O–H groups in total. The number of hydrogen-bond acceptors (Lipinski definition) is 3. The van der Waals surface area contributed by atoms with Crippen LogP contribution in [0.2, 0.25) is 0 Å². The van der Waals surface area contributed by atoms with E-state index >= 15 is 0 Å². The molecule has 0 saturated carbocycles. The van der Waals surface area contributed by atoms with Crippen LogP contribution in [-0.4, -0.2) is 42.1 Å². The van der Waals surface area contributed by atoms with Crippen molar-refractivity contribution in [1.82, 2.24) is 9.88 Å². The molecule has 3 rings (SSSR count). The summed E-state index contributed by atoms with van der Waals surface area (Å²) in [4.78, 5) is 11.4. The Hall–Kier alpha value is -2.40. The lowest BCUT2D eigenvalue weighted by Crippen LogP contribution is -2.44. The summed E-state index contributed by atoms with van der Waals surface area (Å²) in [5.41, 5.74) is 3.32. The van der Waals surface area contributed by atoms with Gasteiger partial charge < -0.3 is 15.0 Å². The van der Waals surface area contributed by atoms with Crippen LogP contribution in [0.15, 0.2) is 47.6 Å². The molecule has 5 heteroatoms. The highest BCUT2D eigenvalue weighted by Gasteiger charge is 2.16. The van der Waals surface area contributed by atoms with Gasteiger partial charge in [0.25, 0.3) is 0 Å². The third-order valence-corrected chi connectivity index (χ3v) is 3.81. The number of aryl methyl sites for hydroxylation is 2. The number of pyridine rings is 1. The molecule has 0 bridgehead atoms. The maximum absolute atomic E-state index is 5.45. The minimum absolute atomic E-state index is 0.718. The van der Waals surface area contributed by atoms with Gasteiger partial charge in [0.05, 0.1) is 13.2 Å². The zero-order chi connectivity index (χ0) is 16.1. The predicted octanol–water partition coefficient (Wildman–Crippen LogP) is 3.13. The van der Waals surface area contributed by atoms with Gasteiger partial charge >= 0.3 is 0 Å². The number of benzene rings is 1. The van der Waals surface area contributed by atoms with Crippen molar-refractivity contribution < 1.29 is 4.74 Å². The van der Waals surface area contributed by atoms with Crippen molar-refractivity contribution in [1.29, 1.82) is 0 Å². The normalized spacial score (nSPS) is 15.6. The van der Waals surface area contributed by atoms with Crippen molar-refractivity contribution in [3.05, 3.63) is 53.7 Å².